The molecule has 2 aromatic heterocycles. The Labute approximate surface area is 133 Å². The molecule has 0 spiro atoms. The summed E-state index contributed by atoms with van der Waals surface area (Å²) in [5.74, 6) is 1.12. The lowest BCUT2D eigenvalue weighted by atomic mass is 10.0. The summed E-state index contributed by atoms with van der Waals surface area (Å²) < 4.78 is 15.6. The van der Waals surface area contributed by atoms with E-state index in [0.29, 0.717) is 28.7 Å². The smallest absolute Gasteiger partial charge is 0.338 e. The van der Waals surface area contributed by atoms with Gasteiger partial charge in [0.1, 0.15) is 12.3 Å². The number of aromatic nitrogens is 1. The minimum absolute atomic E-state index is 0.0506. The summed E-state index contributed by atoms with van der Waals surface area (Å²) in [5, 5.41) is 3.86. The maximum Gasteiger partial charge on any atom is 0.338 e. The standard InChI is InChI=1S/C18H17NO4/c1-12(2)13-5-7-14(8-6-13)18(20)22-11-15-10-17(23-19-15)16-4-3-9-21-16/h3-10,12H,11H2,1-2H3. The van der Waals surface area contributed by atoms with Crippen molar-refractivity contribution in [1.82, 2.24) is 5.16 Å². The van der Waals surface area contributed by atoms with Gasteiger partial charge in [0.15, 0.2) is 5.76 Å². The molecule has 0 saturated heterocycles. The van der Waals surface area contributed by atoms with E-state index in [0.717, 1.165) is 0 Å². The summed E-state index contributed by atoms with van der Waals surface area (Å²) in [5.41, 5.74) is 2.23. The van der Waals surface area contributed by atoms with Gasteiger partial charge in [0.25, 0.3) is 0 Å². The molecule has 5 nitrogen and oxygen atoms in total. The van der Waals surface area contributed by atoms with Gasteiger partial charge in [-0.2, -0.15) is 0 Å². The van der Waals surface area contributed by atoms with E-state index in [2.05, 4.69) is 19.0 Å². The van der Waals surface area contributed by atoms with Crippen LogP contribution in [0.1, 0.15) is 41.4 Å². The summed E-state index contributed by atoms with van der Waals surface area (Å²) in [6.07, 6.45) is 1.55. The average Bonchev–Trinajstić information content (AvgIpc) is 3.23. The number of rotatable bonds is 5. The van der Waals surface area contributed by atoms with Crippen LogP contribution < -0.4 is 0 Å². The first-order chi connectivity index (χ1) is 11.1. The summed E-state index contributed by atoms with van der Waals surface area (Å²) >= 11 is 0. The number of benzene rings is 1. The van der Waals surface area contributed by atoms with Crippen molar-refractivity contribution in [2.75, 3.05) is 0 Å². The fourth-order valence-electron chi connectivity index (χ4n) is 2.14. The second-order valence-corrected chi connectivity index (χ2v) is 5.51. The highest BCUT2D eigenvalue weighted by Gasteiger charge is 2.12. The SMILES string of the molecule is CC(C)c1ccc(C(=O)OCc2cc(-c3ccco3)on2)cc1. The van der Waals surface area contributed by atoms with Crippen molar-refractivity contribution in [3.63, 3.8) is 0 Å². The third-order valence-electron chi connectivity index (χ3n) is 3.49. The van der Waals surface area contributed by atoms with Crippen molar-refractivity contribution in [3.8, 4) is 11.5 Å². The Morgan fingerprint density at radius 1 is 1.17 bits per heavy atom. The summed E-state index contributed by atoms with van der Waals surface area (Å²) in [6, 6.07) is 12.6. The number of ether oxygens (including phenoxy) is 1. The van der Waals surface area contributed by atoms with Crippen molar-refractivity contribution in [1.29, 1.82) is 0 Å². The first kappa shape index (κ1) is 15.1. The number of esters is 1. The fourth-order valence-corrected chi connectivity index (χ4v) is 2.14. The molecule has 0 amide bonds. The van der Waals surface area contributed by atoms with Gasteiger partial charge >= 0.3 is 5.97 Å². The van der Waals surface area contributed by atoms with Crippen molar-refractivity contribution in [2.45, 2.75) is 26.4 Å². The van der Waals surface area contributed by atoms with Gasteiger partial charge in [-0.3, -0.25) is 0 Å². The van der Waals surface area contributed by atoms with Crippen molar-refractivity contribution >= 4 is 5.97 Å². The monoisotopic (exact) mass is 311 g/mol. The maximum absolute atomic E-state index is 12.0. The normalized spacial score (nSPS) is 10.9. The van der Waals surface area contributed by atoms with Gasteiger partial charge in [-0.15, -0.1) is 0 Å². The molecule has 0 saturated carbocycles. The highest BCUT2D eigenvalue weighted by atomic mass is 16.5. The lowest BCUT2D eigenvalue weighted by Crippen LogP contribution is -2.05. The van der Waals surface area contributed by atoms with Crippen molar-refractivity contribution in [2.24, 2.45) is 0 Å². The van der Waals surface area contributed by atoms with E-state index in [-0.39, 0.29) is 12.6 Å². The van der Waals surface area contributed by atoms with Crippen LogP contribution in [0.4, 0.5) is 0 Å². The van der Waals surface area contributed by atoms with E-state index < -0.39 is 0 Å². The maximum atomic E-state index is 12.0. The second kappa shape index (κ2) is 6.52. The van der Waals surface area contributed by atoms with Crippen LogP contribution in [0, 0.1) is 0 Å². The molecule has 0 radical (unpaired) electrons. The number of carbonyl (C=O) groups is 1. The molecule has 0 aliphatic heterocycles. The Balaban J connectivity index is 1.60. The van der Waals surface area contributed by atoms with Crippen LogP contribution in [0.5, 0.6) is 0 Å². The highest BCUT2D eigenvalue weighted by Crippen LogP contribution is 2.21. The number of hydrogen-bond acceptors (Lipinski definition) is 5. The first-order valence-corrected chi connectivity index (χ1v) is 7.40. The van der Waals surface area contributed by atoms with Crippen LogP contribution in [0.3, 0.4) is 0 Å². The largest absolute Gasteiger partial charge is 0.461 e. The quantitative estimate of drug-likeness (QED) is 0.653. The molecule has 1 aromatic carbocycles. The van der Waals surface area contributed by atoms with Crippen LogP contribution in [-0.4, -0.2) is 11.1 Å². The molecule has 0 aliphatic carbocycles. The topological polar surface area (TPSA) is 65.5 Å². The van der Waals surface area contributed by atoms with E-state index in [1.165, 1.54) is 5.56 Å². The van der Waals surface area contributed by atoms with Crippen LogP contribution >= 0.6 is 0 Å². The van der Waals surface area contributed by atoms with Gasteiger partial charge in [-0.05, 0) is 35.7 Å². The highest BCUT2D eigenvalue weighted by molar-refractivity contribution is 5.89. The predicted molar refractivity (Wildman–Crippen MR) is 83.9 cm³/mol. The summed E-state index contributed by atoms with van der Waals surface area (Å²) in [7, 11) is 0. The number of furan rings is 1. The summed E-state index contributed by atoms with van der Waals surface area (Å²) in [6.45, 7) is 4.26. The van der Waals surface area contributed by atoms with Gasteiger partial charge in [0.2, 0.25) is 5.76 Å². The molecule has 118 valence electrons. The molecule has 23 heavy (non-hydrogen) atoms. The Morgan fingerprint density at radius 2 is 1.96 bits per heavy atom. The lowest BCUT2D eigenvalue weighted by molar-refractivity contribution is 0.0464. The minimum Gasteiger partial charge on any atom is -0.461 e. The van der Waals surface area contributed by atoms with E-state index >= 15 is 0 Å². The molecule has 0 unspecified atom stereocenters. The number of nitrogens with zero attached hydrogens (tertiary/aromatic N) is 1. The van der Waals surface area contributed by atoms with Gasteiger partial charge in [0, 0.05) is 6.07 Å². The molecule has 0 atom stereocenters. The van der Waals surface area contributed by atoms with Crippen molar-refractivity contribution < 1.29 is 18.5 Å². The van der Waals surface area contributed by atoms with Gasteiger partial charge in [-0.25, -0.2) is 4.79 Å². The third kappa shape index (κ3) is 3.51. The zero-order valence-corrected chi connectivity index (χ0v) is 13.0. The average molecular weight is 311 g/mol. The minimum atomic E-state index is -0.386. The van der Waals surface area contributed by atoms with Gasteiger partial charge in [0.05, 0.1) is 11.8 Å². The number of hydrogen-bond donors (Lipinski definition) is 0. The second-order valence-electron chi connectivity index (χ2n) is 5.51. The Kier molecular flexibility index (Phi) is 4.28. The summed E-state index contributed by atoms with van der Waals surface area (Å²) in [4.78, 5) is 12.0. The van der Waals surface area contributed by atoms with E-state index in [1.807, 2.05) is 12.1 Å². The van der Waals surface area contributed by atoms with E-state index in [4.69, 9.17) is 13.7 Å². The van der Waals surface area contributed by atoms with Crippen LogP contribution in [0.25, 0.3) is 11.5 Å². The molecule has 2 heterocycles. The molecule has 0 fully saturated rings. The molecule has 0 aliphatic rings. The molecule has 5 heteroatoms. The van der Waals surface area contributed by atoms with Crippen LogP contribution in [0.15, 0.2) is 57.7 Å². The van der Waals surface area contributed by atoms with E-state index in [1.54, 1.807) is 36.6 Å². The van der Waals surface area contributed by atoms with Crippen LogP contribution in [0.2, 0.25) is 0 Å². The Morgan fingerprint density at radius 3 is 2.61 bits per heavy atom. The van der Waals surface area contributed by atoms with Gasteiger partial charge in [-0.1, -0.05) is 31.1 Å². The molecule has 3 aromatic rings. The molecule has 0 bridgehead atoms. The molecular formula is C18H17NO4. The van der Waals surface area contributed by atoms with Gasteiger partial charge < -0.3 is 13.7 Å². The molecule has 0 N–H and O–H groups in total. The first-order valence-electron chi connectivity index (χ1n) is 7.40. The number of carbonyl (C=O) groups excluding carboxylic acids is 1. The molecular weight excluding hydrogens is 294 g/mol. The molecule has 3 rings (SSSR count). The van der Waals surface area contributed by atoms with E-state index in [9.17, 15) is 4.79 Å². The Bertz CT molecular complexity index is 770. The zero-order valence-electron chi connectivity index (χ0n) is 13.0. The van der Waals surface area contributed by atoms with Crippen LogP contribution in [-0.2, 0) is 11.3 Å². The van der Waals surface area contributed by atoms with Crippen molar-refractivity contribution in [3.05, 3.63) is 65.5 Å². The third-order valence-corrected chi connectivity index (χ3v) is 3.49. The Hall–Kier alpha value is -2.82. The fraction of sp³-hybridized carbons (Fsp3) is 0.222. The zero-order chi connectivity index (χ0) is 16.2. The predicted octanol–water partition coefficient (Wildman–Crippen LogP) is 4.42. The lowest BCUT2D eigenvalue weighted by Gasteiger charge is -2.06.